The molecule has 0 bridgehead atoms. The number of fused-ring (bicyclic) bond motifs is 1. The van der Waals surface area contributed by atoms with Gasteiger partial charge in [0.05, 0.1) is 51.9 Å². The fourth-order valence-corrected chi connectivity index (χ4v) is 8.02. The maximum absolute atomic E-state index is 14.9. The highest BCUT2D eigenvalue weighted by Gasteiger charge is 2.35. The zero-order valence-corrected chi connectivity index (χ0v) is 31.2. The van der Waals surface area contributed by atoms with Crippen LogP contribution in [-0.4, -0.2) is 33.7 Å². The van der Waals surface area contributed by atoms with Gasteiger partial charge in [-0.3, -0.25) is 19.5 Å². The summed E-state index contributed by atoms with van der Waals surface area (Å²) in [5.41, 5.74) is 6.58. The number of aromatic nitrogens is 2. The van der Waals surface area contributed by atoms with Crippen LogP contribution in [0, 0.1) is 10.1 Å². The normalized spacial score (nSPS) is 13.9. The van der Waals surface area contributed by atoms with Gasteiger partial charge in [-0.25, -0.2) is 9.79 Å². The Kier molecular flexibility index (Phi) is 9.82. The van der Waals surface area contributed by atoms with E-state index in [2.05, 4.69) is 4.57 Å². The lowest BCUT2D eigenvalue weighted by Crippen LogP contribution is -2.40. The molecule has 10 nitrogen and oxygen atoms in total. The lowest BCUT2D eigenvalue weighted by atomic mass is 9.93. The first-order valence-electron chi connectivity index (χ1n) is 17.9. The predicted molar refractivity (Wildman–Crippen MR) is 217 cm³/mol. The number of carbonyl (C=O) groups excluding carboxylic acids is 1. The molecule has 2 aromatic heterocycles. The van der Waals surface area contributed by atoms with Gasteiger partial charge in [0.2, 0.25) is 0 Å². The van der Waals surface area contributed by atoms with Crippen LogP contribution < -0.4 is 19.6 Å². The molecule has 276 valence electrons. The van der Waals surface area contributed by atoms with Crippen LogP contribution in [0.1, 0.15) is 29.7 Å². The topological polar surface area (TPSA) is 118 Å². The van der Waals surface area contributed by atoms with E-state index in [1.807, 2.05) is 115 Å². The molecule has 0 saturated heterocycles. The molecule has 5 aromatic carbocycles. The Bertz CT molecular complexity index is 2790. The summed E-state index contributed by atoms with van der Waals surface area (Å²) >= 11 is 1.24. The summed E-state index contributed by atoms with van der Waals surface area (Å²) in [6.45, 7) is 1.89. The molecule has 1 atom stereocenters. The minimum absolute atomic E-state index is 0.0202. The zero-order valence-electron chi connectivity index (χ0n) is 30.4. The Labute approximate surface area is 325 Å². The molecule has 56 heavy (non-hydrogen) atoms. The number of methoxy groups -OCH3 is 1. The number of nitro groups is 1. The third-order valence-electron chi connectivity index (χ3n) is 9.56. The van der Waals surface area contributed by atoms with Crippen molar-refractivity contribution >= 4 is 34.8 Å². The molecule has 0 saturated carbocycles. The number of carbonyl (C=O) groups is 1. The average Bonchev–Trinajstić information content (AvgIpc) is 3.78. The number of thiazole rings is 1. The number of hydrogen-bond donors (Lipinski definition) is 0. The number of ether oxygens (including phenoxy) is 2. The van der Waals surface area contributed by atoms with Gasteiger partial charge in [-0.2, -0.15) is 0 Å². The molecule has 11 heteroatoms. The molecule has 1 aliphatic rings. The SMILES string of the molecule is CCOC(=O)C1=C(c2ccccc2)N=c2s/c(=C\c3cc(-c4ccccc4)n(-c4ccc([N+](=O)[O-])cc4)c3-c3ccccc3)c(=O)n2[C@@H]1c1ccc(OC)cc1. The molecular weight excluding hydrogens is 725 g/mol. The Morgan fingerprint density at radius 3 is 2.04 bits per heavy atom. The average molecular weight is 759 g/mol. The summed E-state index contributed by atoms with van der Waals surface area (Å²) in [6.07, 6.45) is 1.86. The standard InChI is InChI=1S/C45H34N4O6S/c1-3-55-44(51)39-40(30-15-9-5-10-16-30)46-45-48(42(39)32-19-25-36(54-2)26-20-32)43(50)38(56-45)28-33-27-37(29-13-7-4-8-14-29)47(41(33)31-17-11-6-12-18-31)34-21-23-35(24-22-34)49(52)53/h4-28,42H,3H2,1-2H3/b38-28-/t42-/m1/s1. The molecule has 8 rings (SSSR count). The lowest BCUT2D eigenvalue weighted by molar-refractivity contribution is -0.384. The van der Waals surface area contributed by atoms with Crippen molar-refractivity contribution < 1.29 is 19.2 Å². The second-order valence-electron chi connectivity index (χ2n) is 12.9. The van der Waals surface area contributed by atoms with Crippen molar-refractivity contribution in [3.8, 4) is 34.0 Å². The minimum atomic E-state index is -0.855. The van der Waals surface area contributed by atoms with E-state index in [0.717, 1.165) is 28.1 Å². The van der Waals surface area contributed by atoms with Crippen molar-refractivity contribution in [2.24, 2.45) is 4.99 Å². The van der Waals surface area contributed by atoms with Crippen LogP contribution in [0.3, 0.4) is 0 Å². The largest absolute Gasteiger partial charge is 0.497 e. The van der Waals surface area contributed by atoms with Crippen molar-refractivity contribution in [1.82, 2.24) is 9.13 Å². The summed E-state index contributed by atoms with van der Waals surface area (Å²) < 4.78 is 15.1. The first-order valence-corrected chi connectivity index (χ1v) is 18.7. The van der Waals surface area contributed by atoms with E-state index in [1.54, 1.807) is 42.9 Å². The summed E-state index contributed by atoms with van der Waals surface area (Å²) in [4.78, 5) is 45.5. The van der Waals surface area contributed by atoms with Crippen LogP contribution in [0.15, 0.2) is 161 Å². The fraction of sp³-hybridized carbons (Fsp3) is 0.0889. The van der Waals surface area contributed by atoms with Crippen molar-refractivity contribution in [3.63, 3.8) is 0 Å². The third-order valence-corrected chi connectivity index (χ3v) is 10.5. The van der Waals surface area contributed by atoms with Crippen molar-refractivity contribution in [1.29, 1.82) is 0 Å². The van der Waals surface area contributed by atoms with E-state index in [-0.39, 0.29) is 23.4 Å². The highest BCUT2D eigenvalue weighted by molar-refractivity contribution is 7.07. The first kappa shape index (κ1) is 35.9. The second-order valence-corrected chi connectivity index (χ2v) is 13.9. The number of esters is 1. The fourth-order valence-electron chi connectivity index (χ4n) is 7.03. The number of nitro benzene ring substituents is 1. The summed E-state index contributed by atoms with van der Waals surface area (Å²) in [5, 5.41) is 11.6. The molecule has 0 unspecified atom stereocenters. The van der Waals surface area contributed by atoms with Crippen molar-refractivity contribution in [3.05, 3.63) is 198 Å². The Balaban J connectivity index is 1.42. The number of non-ortho nitro benzene ring substituents is 1. The second kappa shape index (κ2) is 15.3. The van der Waals surface area contributed by atoms with Gasteiger partial charge in [0, 0.05) is 28.9 Å². The van der Waals surface area contributed by atoms with Crippen LogP contribution >= 0.6 is 11.3 Å². The van der Waals surface area contributed by atoms with E-state index in [4.69, 9.17) is 14.5 Å². The summed E-state index contributed by atoms with van der Waals surface area (Å²) in [7, 11) is 1.58. The van der Waals surface area contributed by atoms with Gasteiger partial charge in [-0.05, 0) is 60.0 Å². The first-order chi connectivity index (χ1) is 27.4. The Hall–Kier alpha value is -7.11. The monoisotopic (exact) mass is 758 g/mol. The Morgan fingerprint density at radius 2 is 1.45 bits per heavy atom. The third kappa shape index (κ3) is 6.65. The van der Waals surface area contributed by atoms with Crippen LogP contribution in [0.5, 0.6) is 5.75 Å². The van der Waals surface area contributed by atoms with Gasteiger partial charge in [-0.1, -0.05) is 114 Å². The van der Waals surface area contributed by atoms with Crippen LogP contribution in [0.25, 0.3) is 40.0 Å². The quantitative estimate of drug-likeness (QED) is 0.0794. The summed E-state index contributed by atoms with van der Waals surface area (Å²) in [6, 6.07) is 44.0. The van der Waals surface area contributed by atoms with Gasteiger partial charge in [0.25, 0.3) is 11.2 Å². The van der Waals surface area contributed by atoms with Gasteiger partial charge in [0.15, 0.2) is 4.80 Å². The van der Waals surface area contributed by atoms with Crippen LogP contribution in [0.2, 0.25) is 0 Å². The molecule has 3 heterocycles. The van der Waals surface area contributed by atoms with E-state index in [9.17, 15) is 19.7 Å². The molecule has 0 aliphatic carbocycles. The van der Waals surface area contributed by atoms with Crippen LogP contribution in [-0.2, 0) is 9.53 Å². The number of nitrogens with zero attached hydrogens (tertiary/aromatic N) is 4. The molecule has 0 N–H and O–H groups in total. The lowest BCUT2D eigenvalue weighted by Gasteiger charge is -2.26. The van der Waals surface area contributed by atoms with Crippen molar-refractivity contribution in [2.45, 2.75) is 13.0 Å². The minimum Gasteiger partial charge on any atom is -0.497 e. The molecule has 0 spiro atoms. The van der Waals surface area contributed by atoms with Gasteiger partial charge < -0.3 is 14.0 Å². The highest BCUT2D eigenvalue weighted by Crippen LogP contribution is 2.38. The molecule has 0 amide bonds. The number of rotatable bonds is 10. The highest BCUT2D eigenvalue weighted by atomic mass is 32.1. The predicted octanol–water partition coefficient (Wildman–Crippen LogP) is 7.98. The van der Waals surface area contributed by atoms with Crippen molar-refractivity contribution in [2.75, 3.05) is 13.7 Å². The molecule has 1 aliphatic heterocycles. The molecular formula is C45H34N4O6S. The zero-order chi connectivity index (χ0) is 38.8. The van der Waals surface area contributed by atoms with Crippen LogP contribution in [0.4, 0.5) is 5.69 Å². The van der Waals surface area contributed by atoms with Gasteiger partial charge >= 0.3 is 5.97 Å². The smallest absolute Gasteiger partial charge is 0.338 e. The molecule has 0 fully saturated rings. The maximum atomic E-state index is 14.9. The van der Waals surface area contributed by atoms with E-state index >= 15 is 0 Å². The van der Waals surface area contributed by atoms with E-state index in [0.29, 0.717) is 37.6 Å². The number of hydrogen-bond acceptors (Lipinski definition) is 8. The number of benzene rings is 5. The van der Waals surface area contributed by atoms with E-state index < -0.39 is 16.9 Å². The van der Waals surface area contributed by atoms with Gasteiger partial charge in [0.1, 0.15) is 5.75 Å². The maximum Gasteiger partial charge on any atom is 0.338 e. The van der Waals surface area contributed by atoms with Gasteiger partial charge in [-0.15, -0.1) is 0 Å². The molecule has 0 radical (unpaired) electrons. The van der Waals surface area contributed by atoms with E-state index in [1.165, 1.54) is 23.5 Å². The Morgan fingerprint density at radius 1 is 0.839 bits per heavy atom. The molecule has 7 aromatic rings. The summed E-state index contributed by atoms with van der Waals surface area (Å²) in [5.74, 6) is 0.0653.